The van der Waals surface area contributed by atoms with Crippen molar-refractivity contribution in [3.8, 4) is 0 Å². The van der Waals surface area contributed by atoms with Crippen molar-refractivity contribution in [1.29, 1.82) is 0 Å². The number of carboxylic acid groups (broad SMARTS) is 1. The first kappa shape index (κ1) is 12.5. The van der Waals surface area contributed by atoms with Gasteiger partial charge in [0, 0.05) is 19.4 Å². The molecule has 1 heterocycles. The molecular weight excluding hydrogens is 196 g/mol. The third kappa shape index (κ3) is 2.69. The molecule has 4 nitrogen and oxygen atoms in total. The van der Waals surface area contributed by atoms with Gasteiger partial charge in [0.25, 0.3) is 0 Å². The highest BCUT2D eigenvalue weighted by atomic mass is 16.5. The second kappa shape index (κ2) is 4.49. The molecule has 3 atom stereocenters. The highest BCUT2D eigenvalue weighted by Crippen LogP contribution is 2.34. The highest BCUT2D eigenvalue weighted by molar-refractivity contribution is 5.71. The summed E-state index contributed by atoms with van der Waals surface area (Å²) in [7, 11) is 0. The zero-order chi connectivity index (χ0) is 11.6. The molecule has 0 spiro atoms. The predicted molar refractivity (Wildman–Crippen MR) is 55.6 cm³/mol. The minimum absolute atomic E-state index is 0.0365. The Balaban J connectivity index is 2.72. The van der Waals surface area contributed by atoms with Crippen LogP contribution in [0.4, 0.5) is 0 Å². The summed E-state index contributed by atoms with van der Waals surface area (Å²) in [6, 6.07) is 0. The zero-order valence-corrected chi connectivity index (χ0v) is 9.56. The quantitative estimate of drug-likeness (QED) is 0.745. The van der Waals surface area contributed by atoms with Crippen molar-refractivity contribution < 1.29 is 19.7 Å². The van der Waals surface area contributed by atoms with Gasteiger partial charge < -0.3 is 14.9 Å². The number of carboxylic acids is 1. The van der Waals surface area contributed by atoms with Crippen LogP contribution in [0, 0.1) is 11.8 Å². The molecule has 3 unspecified atom stereocenters. The Labute approximate surface area is 90.2 Å². The topological polar surface area (TPSA) is 66.8 Å². The Morgan fingerprint density at radius 1 is 1.47 bits per heavy atom. The van der Waals surface area contributed by atoms with E-state index >= 15 is 0 Å². The van der Waals surface area contributed by atoms with Gasteiger partial charge in [-0.25, -0.2) is 0 Å². The van der Waals surface area contributed by atoms with E-state index < -0.39 is 17.5 Å². The van der Waals surface area contributed by atoms with Gasteiger partial charge in [-0.15, -0.1) is 0 Å². The predicted octanol–water partition coefficient (Wildman–Crippen LogP) is 1.27. The van der Waals surface area contributed by atoms with Gasteiger partial charge in [-0.3, -0.25) is 4.79 Å². The van der Waals surface area contributed by atoms with Gasteiger partial charge >= 0.3 is 5.97 Å². The Morgan fingerprint density at radius 3 is 2.53 bits per heavy atom. The van der Waals surface area contributed by atoms with Crippen LogP contribution in [0.3, 0.4) is 0 Å². The van der Waals surface area contributed by atoms with Crippen LogP contribution in [0.5, 0.6) is 0 Å². The van der Waals surface area contributed by atoms with E-state index in [0.29, 0.717) is 25.4 Å². The Bertz CT molecular complexity index is 239. The largest absolute Gasteiger partial charge is 0.481 e. The van der Waals surface area contributed by atoms with Crippen LogP contribution in [-0.4, -0.2) is 34.5 Å². The number of ether oxygens (including phenoxy) is 1. The van der Waals surface area contributed by atoms with E-state index in [-0.39, 0.29) is 6.10 Å². The fourth-order valence-electron chi connectivity index (χ4n) is 1.95. The fourth-order valence-corrected chi connectivity index (χ4v) is 1.95. The van der Waals surface area contributed by atoms with Crippen LogP contribution < -0.4 is 0 Å². The Kier molecular flexibility index (Phi) is 3.73. The lowest BCUT2D eigenvalue weighted by Gasteiger charge is -2.40. The normalized spacial score (nSPS) is 34.1. The number of aliphatic carboxylic acids is 1. The molecule has 1 aliphatic heterocycles. The molecular formula is C11H20O4. The maximum absolute atomic E-state index is 10.9. The van der Waals surface area contributed by atoms with E-state index in [9.17, 15) is 9.90 Å². The first-order chi connectivity index (χ1) is 6.87. The number of hydrogen-bond acceptors (Lipinski definition) is 3. The molecule has 0 aromatic heterocycles. The van der Waals surface area contributed by atoms with Crippen LogP contribution in [0.1, 0.15) is 33.6 Å². The van der Waals surface area contributed by atoms with E-state index in [1.807, 2.05) is 13.8 Å². The van der Waals surface area contributed by atoms with Gasteiger partial charge in [-0.1, -0.05) is 13.8 Å². The SMILES string of the molecule is CC(C)C1CC(O)(C(C)C(=O)O)CCO1. The average Bonchev–Trinajstić information content (AvgIpc) is 2.16. The van der Waals surface area contributed by atoms with Gasteiger partial charge in [0.15, 0.2) is 0 Å². The van der Waals surface area contributed by atoms with Crippen LogP contribution >= 0.6 is 0 Å². The van der Waals surface area contributed by atoms with Crippen LogP contribution in [0.25, 0.3) is 0 Å². The van der Waals surface area contributed by atoms with Crippen molar-refractivity contribution in [1.82, 2.24) is 0 Å². The summed E-state index contributed by atoms with van der Waals surface area (Å²) in [5.41, 5.74) is -1.11. The summed E-state index contributed by atoms with van der Waals surface area (Å²) in [5, 5.41) is 19.2. The lowest BCUT2D eigenvalue weighted by atomic mass is 9.78. The molecule has 1 rings (SSSR count). The van der Waals surface area contributed by atoms with E-state index in [4.69, 9.17) is 9.84 Å². The van der Waals surface area contributed by atoms with Crippen LogP contribution in [0.15, 0.2) is 0 Å². The standard InChI is InChI=1S/C11H20O4/c1-7(2)9-6-11(14,4-5-15-9)8(3)10(12)13/h7-9,14H,4-6H2,1-3H3,(H,12,13). The van der Waals surface area contributed by atoms with Crippen molar-refractivity contribution in [2.24, 2.45) is 11.8 Å². The summed E-state index contributed by atoms with van der Waals surface area (Å²) in [6.07, 6.45) is 0.785. The molecule has 15 heavy (non-hydrogen) atoms. The molecule has 2 N–H and O–H groups in total. The third-order valence-corrected chi connectivity index (χ3v) is 3.34. The molecule has 0 aromatic carbocycles. The molecule has 1 fully saturated rings. The number of carbonyl (C=O) groups is 1. The van der Waals surface area contributed by atoms with Crippen molar-refractivity contribution in [2.75, 3.05) is 6.61 Å². The third-order valence-electron chi connectivity index (χ3n) is 3.34. The molecule has 0 aliphatic carbocycles. The van der Waals surface area contributed by atoms with Gasteiger partial charge in [-0.05, 0) is 12.8 Å². The molecule has 0 radical (unpaired) electrons. The van der Waals surface area contributed by atoms with Gasteiger partial charge in [0.2, 0.25) is 0 Å². The summed E-state index contributed by atoms with van der Waals surface area (Å²) < 4.78 is 5.51. The molecule has 0 bridgehead atoms. The molecule has 1 aliphatic rings. The number of aliphatic hydroxyl groups is 1. The Hall–Kier alpha value is -0.610. The minimum Gasteiger partial charge on any atom is -0.481 e. The number of rotatable bonds is 3. The summed E-state index contributed by atoms with van der Waals surface area (Å²) in [4.78, 5) is 10.9. The lowest BCUT2D eigenvalue weighted by molar-refractivity contribution is -0.168. The maximum Gasteiger partial charge on any atom is 0.309 e. The van der Waals surface area contributed by atoms with E-state index in [0.717, 1.165) is 0 Å². The molecule has 0 saturated carbocycles. The van der Waals surface area contributed by atoms with E-state index in [1.54, 1.807) is 6.92 Å². The molecule has 4 heteroatoms. The molecule has 0 amide bonds. The molecule has 88 valence electrons. The minimum atomic E-state index is -1.11. The van der Waals surface area contributed by atoms with Crippen molar-refractivity contribution in [3.63, 3.8) is 0 Å². The van der Waals surface area contributed by atoms with Crippen molar-refractivity contribution in [3.05, 3.63) is 0 Å². The fraction of sp³-hybridized carbons (Fsp3) is 0.909. The first-order valence-corrected chi connectivity index (χ1v) is 5.43. The average molecular weight is 216 g/mol. The Morgan fingerprint density at radius 2 is 2.07 bits per heavy atom. The monoisotopic (exact) mass is 216 g/mol. The van der Waals surface area contributed by atoms with E-state index in [1.165, 1.54) is 0 Å². The van der Waals surface area contributed by atoms with E-state index in [2.05, 4.69) is 0 Å². The lowest BCUT2D eigenvalue weighted by Crippen LogP contribution is -2.49. The first-order valence-electron chi connectivity index (χ1n) is 5.43. The van der Waals surface area contributed by atoms with Crippen molar-refractivity contribution in [2.45, 2.75) is 45.3 Å². The highest BCUT2D eigenvalue weighted by Gasteiger charge is 2.43. The maximum atomic E-state index is 10.9. The summed E-state index contributed by atoms with van der Waals surface area (Å²) >= 11 is 0. The number of hydrogen-bond donors (Lipinski definition) is 2. The van der Waals surface area contributed by atoms with Gasteiger partial charge in [-0.2, -0.15) is 0 Å². The second-order valence-corrected chi connectivity index (χ2v) is 4.77. The van der Waals surface area contributed by atoms with Gasteiger partial charge in [0.1, 0.15) is 0 Å². The zero-order valence-electron chi connectivity index (χ0n) is 9.56. The van der Waals surface area contributed by atoms with Crippen LogP contribution in [-0.2, 0) is 9.53 Å². The van der Waals surface area contributed by atoms with Gasteiger partial charge in [0.05, 0.1) is 17.6 Å². The summed E-state index contributed by atoms with van der Waals surface area (Å²) in [5.74, 6) is -1.37. The molecule has 1 saturated heterocycles. The second-order valence-electron chi connectivity index (χ2n) is 4.77. The van der Waals surface area contributed by atoms with Crippen molar-refractivity contribution >= 4 is 5.97 Å². The smallest absolute Gasteiger partial charge is 0.309 e. The summed E-state index contributed by atoms with van der Waals surface area (Å²) in [6.45, 7) is 6.03. The molecule has 0 aromatic rings. The van der Waals surface area contributed by atoms with Crippen LogP contribution in [0.2, 0.25) is 0 Å².